The summed E-state index contributed by atoms with van der Waals surface area (Å²) in [5.41, 5.74) is -0.545. The number of allylic oxidation sites excluding steroid dienone is 4. The van der Waals surface area contributed by atoms with Gasteiger partial charge in [0.1, 0.15) is 6.29 Å². The standard InChI is InChI=1S/C7H5F3O/c8-7(9,10)6-2-1-5(3-6)4-11/h1,3-4H,2H2. The van der Waals surface area contributed by atoms with Crippen LogP contribution in [0.5, 0.6) is 0 Å². The fourth-order valence-electron chi connectivity index (χ4n) is 0.827. The van der Waals surface area contributed by atoms with Crippen LogP contribution in [-0.4, -0.2) is 12.5 Å². The maximum absolute atomic E-state index is 11.9. The van der Waals surface area contributed by atoms with Crippen LogP contribution < -0.4 is 0 Å². The van der Waals surface area contributed by atoms with Gasteiger partial charge in [-0.15, -0.1) is 0 Å². The average molecular weight is 162 g/mol. The molecule has 0 fully saturated rings. The fourth-order valence-corrected chi connectivity index (χ4v) is 0.827. The molecule has 0 aromatic heterocycles. The fraction of sp³-hybridized carbons (Fsp3) is 0.286. The van der Waals surface area contributed by atoms with Gasteiger partial charge < -0.3 is 0 Å². The molecule has 11 heavy (non-hydrogen) atoms. The van der Waals surface area contributed by atoms with E-state index in [0.717, 1.165) is 6.08 Å². The molecule has 0 unspecified atom stereocenters. The van der Waals surface area contributed by atoms with Crippen LogP contribution in [0.1, 0.15) is 6.42 Å². The Balaban J connectivity index is 2.77. The quantitative estimate of drug-likeness (QED) is 0.539. The molecule has 0 radical (unpaired) electrons. The van der Waals surface area contributed by atoms with E-state index in [-0.39, 0.29) is 12.0 Å². The van der Waals surface area contributed by atoms with Gasteiger partial charge in [0.25, 0.3) is 0 Å². The molecule has 0 N–H and O–H groups in total. The summed E-state index contributed by atoms with van der Waals surface area (Å²) in [6.45, 7) is 0. The molecule has 0 amide bonds. The number of alkyl halides is 3. The summed E-state index contributed by atoms with van der Waals surface area (Å²) in [6.07, 6.45) is -1.93. The zero-order valence-corrected chi connectivity index (χ0v) is 5.48. The van der Waals surface area contributed by atoms with E-state index in [2.05, 4.69) is 0 Å². The minimum atomic E-state index is -4.29. The number of carbonyl (C=O) groups is 1. The first-order chi connectivity index (χ1) is 5.04. The van der Waals surface area contributed by atoms with E-state index in [1.54, 1.807) is 0 Å². The number of rotatable bonds is 1. The predicted octanol–water partition coefficient (Wildman–Crippen LogP) is 2.00. The summed E-state index contributed by atoms with van der Waals surface area (Å²) in [5, 5.41) is 0. The van der Waals surface area contributed by atoms with E-state index >= 15 is 0 Å². The molecular weight excluding hydrogens is 157 g/mol. The van der Waals surface area contributed by atoms with Crippen molar-refractivity contribution in [2.75, 3.05) is 0 Å². The second kappa shape index (κ2) is 2.53. The lowest BCUT2D eigenvalue weighted by atomic mass is 10.2. The van der Waals surface area contributed by atoms with E-state index in [1.807, 2.05) is 0 Å². The Morgan fingerprint density at radius 3 is 2.36 bits per heavy atom. The number of hydrogen-bond acceptors (Lipinski definition) is 1. The minimum Gasteiger partial charge on any atom is -0.298 e. The highest BCUT2D eigenvalue weighted by atomic mass is 19.4. The number of aldehydes is 1. The SMILES string of the molecule is O=CC1=CCC(C(F)(F)F)=C1. The van der Waals surface area contributed by atoms with Crippen LogP contribution in [0.25, 0.3) is 0 Å². The highest BCUT2D eigenvalue weighted by Gasteiger charge is 2.34. The van der Waals surface area contributed by atoms with Crippen LogP contribution in [0.15, 0.2) is 23.3 Å². The summed E-state index contributed by atoms with van der Waals surface area (Å²) in [6, 6.07) is 0. The minimum absolute atomic E-state index is 0.109. The van der Waals surface area contributed by atoms with Crippen LogP contribution >= 0.6 is 0 Å². The van der Waals surface area contributed by atoms with Gasteiger partial charge >= 0.3 is 6.18 Å². The van der Waals surface area contributed by atoms with Crippen LogP contribution in [0.4, 0.5) is 13.2 Å². The Morgan fingerprint density at radius 2 is 2.09 bits per heavy atom. The summed E-state index contributed by atoms with van der Waals surface area (Å²) < 4.78 is 35.6. The predicted molar refractivity (Wildman–Crippen MR) is 32.9 cm³/mol. The summed E-state index contributed by atoms with van der Waals surface area (Å²) in [5.74, 6) is 0. The van der Waals surface area contributed by atoms with Crippen molar-refractivity contribution in [2.45, 2.75) is 12.6 Å². The topological polar surface area (TPSA) is 17.1 Å². The normalized spacial score (nSPS) is 17.7. The number of hydrogen-bond donors (Lipinski definition) is 0. The van der Waals surface area contributed by atoms with Gasteiger partial charge in [0.2, 0.25) is 0 Å². The molecule has 0 saturated carbocycles. The Bertz CT molecular complexity index is 235. The van der Waals surface area contributed by atoms with Crippen molar-refractivity contribution in [3.63, 3.8) is 0 Å². The highest BCUT2D eigenvalue weighted by molar-refractivity contribution is 5.79. The van der Waals surface area contributed by atoms with Gasteiger partial charge in [-0.1, -0.05) is 6.08 Å². The molecule has 1 rings (SSSR count). The van der Waals surface area contributed by atoms with E-state index in [4.69, 9.17) is 0 Å². The zero-order valence-electron chi connectivity index (χ0n) is 5.48. The molecule has 1 aliphatic rings. The van der Waals surface area contributed by atoms with Crippen LogP contribution in [-0.2, 0) is 4.79 Å². The van der Waals surface area contributed by atoms with Crippen molar-refractivity contribution in [3.05, 3.63) is 23.3 Å². The maximum Gasteiger partial charge on any atom is 0.413 e. The molecule has 1 nitrogen and oxygen atoms in total. The van der Waals surface area contributed by atoms with Crippen molar-refractivity contribution >= 4 is 6.29 Å². The lowest BCUT2D eigenvalue weighted by molar-refractivity contribution is -0.104. The van der Waals surface area contributed by atoms with Crippen molar-refractivity contribution in [1.82, 2.24) is 0 Å². The van der Waals surface area contributed by atoms with E-state index in [1.165, 1.54) is 6.08 Å². The molecule has 0 atom stereocenters. The van der Waals surface area contributed by atoms with E-state index < -0.39 is 11.7 Å². The molecule has 0 aromatic carbocycles. The van der Waals surface area contributed by atoms with Crippen molar-refractivity contribution < 1.29 is 18.0 Å². The first kappa shape index (κ1) is 8.04. The largest absolute Gasteiger partial charge is 0.413 e. The Labute approximate surface area is 61.2 Å². The van der Waals surface area contributed by atoms with Gasteiger partial charge in [0.15, 0.2) is 0 Å². The first-order valence-electron chi connectivity index (χ1n) is 2.97. The van der Waals surface area contributed by atoms with Gasteiger partial charge in [-0.05, 0) is 12.5 Å². The van der Waals surface area contributed by atoms with Gasteiger partial charge in [-0.25, -0.2) is 0 Å². The number of halogens is 3. The smallest absolute Gasteiger partial charge is 0.298 e. The van der Waals surface area contributed by atoms with Crippen LogP contribution in [0, 0.1) is 0 Å². The van der Waals surface area contributed by atoms with E-state index in [9.17, 15) is 18.0 Å². The molecule has 0 aliphatic heterocycles. The van der Waals surface area contributed by atoms with Gasteiger partial charge in [-0.2, -0.15) is 13.2 Å². The molecule has 1 aliphatic carbocycles. The molecule has 0 bridgehead atoms. The van der Waals surface area contributed by atoms with Gasteiger partial charge in [0, 0.05) is 11.1 Å². The molecule has 0 saturated heterocycles. The Kier molecular flexibility index (Phi) is 1.85. The number of carbonyl (C=O) groups excluding carboxylic acids is 1. The molecular formula is C7H5F3O. The second-order valence-electron chi connectivity index (χ2n) is 2.19. The molecule has 0 heterocycles. The third-order valence-corrected chi connectivity index (χ3v) is 1.40. The molecule has 60 valence electrons. The van der Waals surface area contributed by atoms with Crippen molar-refractivity contribution in [2.24, 2.45) is 0 Å². The van der Waals surface area contributed by atoms with Crippen LogP contribution in [0.2, 0.25) is 0 Å². The van der Waals surface area contributed by atoms with E-state index in [0.29, 0.717) is 6.29 Å². The third kappa shape index (κ3) is 1.69. The first-order valence-corrected chi connectivity index (χ1v) is 2.97. The lowest BCUT2D eigenvalue weighted by Gasteiger charge is -2.04. The Morgan fingerprint density at radius 1 is 1.45 bits per heavy atom. The monoisotopic (exact) mass is 162 g/mol. The summed E-state index contributed by atoms with van der Waals surface area (Å²) >= 11 is 0. The summed E-state index contributed by atoms with van der Waals surface area (Å²) in [4.78, 5) is 10.00. The maximum atomic E-state index is 11.9. The zero-order chi connectivity index (χ0) is 8.48. The van der Waals surface area contributed by atoms with Gasteiger partial charge in [-0.3, -0.25) is 4.79 Å². The average Bonchev–Trinajstić information content (AvgIpc) is 2.32. The van der Waals surface area contributed by atoms with Crippen LogP contribution in [0.3, 0.4) is 0 Å². The lowest BCUT2D eigenvalue weighted by Crippen LogP contribution is -2.09. The van der Waals surface area contributed by atoms with Crippen molar-refractivity contribution in [3.8, 4) is 0 Å². The molecule has 0 spiro atoms. The second-order valence-corrected chi connectivity index (χ2v) is 2.19. The highest BCUT2D eigenvalue weighted by Crippen LogP contribution is 2.32. The molecule has 4 heteroatoms. The summed E-state index contributed by atoms with van der Waals surface area (Å²) in [7, 11) is 0. The Hall–Kier alpha value is -1.06. The third-order valence-electron chi connectivity index (χ3n) is 1.40. The van der Waals surface area contributed by atoms with Gasteiger partial charge in [0.05, 0.1) is 0 Å². The molecule has 0 aromatic rings. The van der Waals surface area contributed by atoms with Crippen molar-refractivity contribution in [1.29, 1.82) is 0 Å².